The zero-order valence-corrected chi connectivity index (χ0v) is 13.5. The van der Waals surface area contributed by atoms with Crippen molar-refractivity contribution in [3.8, 4) is 0 Å². The molecule has 0 spiro atoms. The second kappa shape index (κ2) is 6.65. The van der Waals surface area contributed by atoms with E-state index >= 15 is 0 Å². The molecule has 0 bridgehead atoms. The molecular weight excluding hydrogens is 270 g/mol. The molecule has 0 aromatic carbocycles. The number of carbonyl (C=O) groups is 2. The van der Waals surface area contributed by atoms with E-state index in [1.807, 2.05) is 20.8 Å². The molecule has 2 atom stereocenters. The number of H-pyrrole nitrogens is 1. The lowest BCUT2D eigenvalue weighted by atomic mass is 10.1. The predicted molar refractivity (Wildman–Crippen MR) is 81.3 cm³/mol. The fourth-order valence-electron chi connectivity index (χ4n) is 1.71. The van der Waals surface area contributed by atoms with Gasteiger partial charge in [0.1, 0.15) is 5.60 Å². The third-order valence-corrected chi connectivity index (χ3v) is 3.05. The van der Waals surface area contributed by atoms with E-state index in [0.29, 0.717) is 5.56 Å². The number of carbonyl (C=O) groups excluding carboxylic acids is 2. The summed E-state index contributed by atoms with van der Waals surface area (Å²) in [5.41, 5.74) is 0.942. The zero-order chi connectivity index (χ0) is 16.2. The van der Waals surface area contributed by atoms with Crippen molar-refractivity contribution in [2.24, 2.45) is 0 Å². The van der Waals surface area contributed by atoms with Crippen molar-refractivity contribution in [1.29, 1.82) is 0 Å². The zero-order valence-electron chi connectivity index (χ0n) is 13.5. The minimum Gasteiger partial charge on any atom is -0.444 e. The number of nitrogens with one attached hydrogen (secondary N) is 3. The highest BCUT2D eigenvalue weighted by atomic mass is 16.6. The molecule has 0 unspecified atom stereocenters. The van der Waals surface area contributed by atoms with Crippen LogP contribution in [0.15, 0.2) is 12.4 Å². The quantitative estimate of drug-likeness (QED) is 0.797. The van der Waals surface area contributed by atoms with Crippen LogP contribution < -0.4 is 10.6 Å². The van der Waals surface area contributed by atoms with Gasteiger partial charge in [0, 0.05) is 24.5 Å². The van der Waals surface area contributed by atoms with Gasteiger partial charge in [-0.25, -0.2) is 4.79 Å². The molecule has 6 heteroatoms. The van der Waals surface area contributed by atoms with Gasteiger partial charge in [-0.2, -0.15) is 0 Å². The van der Waals surface area contributed by atoms with E-state index in [1.54, 1.807) is 33.2 Å². The number of alkyl carbamates (subject to hydrolysis) is 1. The molecule has 118 valence electrons. The Labute approximate surface area is 125 Å². The summed E-state index contributed by atoms with van der Waals surface area (Å²) < 4.78 is 5.19. The summed E-state index contributed by atoms with van der Waals surface area (Å²) in [6.07, 6.45) is 2.93. The van der Waals surface area contributed by atoms with Gasteiger partial charge >= 0.3 is 6.09 Å². The van der Waals surface area contributed by atoms with E-state index in [2.05, 4.69) is 15.6 Å². The van der Waals surface area contributed by atoms with Gasteiger partial charge in [-0.05, 0) is 47.1 Å². The van der Waals surface area contributed by atoms with Gasteiger partial charge < -0.3 is 20.4 Å². The Bertz CT molecular complexity index is 503. The van der Waals surface area contributed by atoms with Gasteiger partial charge in [-0.3, -0.25) is 4.79 Å². The van der Waals surface area contributed by atoms with Crippen molar-refractivity contribution in [3.63, 3.8) is 0 Å². The Morgan fingerprint density at radius 2 is 1.71 bits per heavy atom. The SMILES string of the molecule is Cc1c[nH]cc1C(=O)N[C@H](C)[C@H](C)NC(=O)OC(C)(C)C. The molecule has 0 saturated heterocycles. The summed E-state index contributed by atoms with van der Waals surface area (Å²) in [5, 5.41) is 5.58. The molecule has 21 heavy (non-hydrogen) atoms. The summed E-state index contributed by atoms with van der Waals surface area (Å²) >= 11 is 0. The summed E-state index contributed by atoms with van der Waals surface area (Å²) in [6.45, 7) is 10.9. The lowest BCUT2D eigenvalue weighted by Gasteiger charge is -2.25. The third kappa shape index (κ3) is 5.49. The minimum absolute atomic E-state index is 0.168. The molecule has 0 aliphatic carbocycles. The number of aromatic amines is 1. The number of aromatic nitrogens is 1. The largest absolute Gasteiger partial charge is 0.444 e. The average Bonchev–Trinajstić information content (AvgIpc) is 2.72. The van der Waals surface area contributed by atoms with E-state index in [0.717, 1.165) is 5.56 Å². The summed E-state index contributed by atoms with van der Waals surface area (Å²) in [6, 6.07) is -0.470. The maximum Gasteiger partial charge on any atom is 0.407 e. The lowest BCUT2D eigenvalue weighted by Crippen LogP contribution is -2.49. The Kier molecular flexibility index (Phi) is 5.41. The number of rotatable bonds is 4. The maximum atomic E-state index is 12.1. The van der Waals surface area contributed by atoms with Crippen LogP contribution in [0, 0.1) is 6.92 Å². The van der Waals surface area contributed by atoms with Crippen LogP contribution in [-0.4, -0.2) is 34.7 Å². The average molecular weight is 295 g/mol. The maximum absolute atomic E-state index is 12.1. The Balaban J connectivity index is 2.51. The summed E-state index contributed by atoms with van der Waals surface area (Å²) in [7, 11) is 0. The fourth-order valence-corrected chi connectivity index (χ4v) is 1.71. The first-order chi connectivity index (χ1) is 9.60. The fraction of sp³-hybridized carbons (Fsp3) is 0.600. The summed E-state index contributed by atoms with van der Waals surface area (Å²) in [4.78, 5) is 26.7. The van der Waals surface area contributed by atoms with Crippen molar-refractivity contribution in [2.75, 3.05) is 0 Å². The molecule has 2 amide bonds. The van der Waals surface area contributed by atoms with E-state index < -0.39 is 11.7 Å². The lowest BCUT2D eigenvalue weighted by molar-refractivity contribution is 0.0496. The van der Waals surface area contributed by atoms with E-state index in [4.69, 9.17) is 4.74 Å². The smallest absolute Gasteiger partial charge is 0.407 e. The van der Waals surface area contributed by atoms with Crippen molar-refractivity contribution in [1.82, 2.24) is 15.6 Å². The van der Waals surface area contributed by atoms with Gasteiger partial charge in [0.15, 0.2) is 0 Å². The van der Waals surface area contributed by atoms with Crippen LogP contribution in [-0.2, 0) is 4.74 Å². The molecule has 1 rings (SSSR count). The first-order valence-electron chi connectivity index (χ1n) is 7.04. The van der Waals surface area contributed by atoms with E-state index in [9.17, 15) is 9.59 Å². The summed E-state index contributed by atoms with van der Waals surface area (Å²) in [5.74, 6) is -0.168. The van der Waals surface area contributed by atoms with E-state index in [1.165, 1.54) is 0 Å². The van der Waals surface area contributed by atoms with Crippen molar-refractivity contribution in [3.05, 3.63) is 23.5 Å². The van der Waals surface area contributed by atoms with Crippen LogP contribution in [0.3, 0.4) is 0 Å². The van der Waals surface area contributed by atoms with Crippen molar-refractivity contribution in [2.45, 2.75) is 59.2 Å². The Morgan fingerprint density at radius 3 is 2.19 bits per heavy atom. The third-order valence-electron chi connectivity index (χ3n) is 3.05. The first-order valence-corrected chi connectivity index (χ1v) is 7.04. The van der Waals surface area contributed by atoms with Crippen LogP contribution >= 0.6 is 0 Å². The normalized spacial score (nSPS) is 14.2. The van der Waals surface area contributed by atoms with Gasteiger partial charge in [0.2, 0.25) is 0 Å². The molecule has 3 N–H and O–H groups in total. The molecule has 0 aliphatic heterocycles. The van der Waals surface area contributed by atoms with Crippen molar-refractivity contribution >= 4 is 12.0 Å². The van der Waals surface area contributed by atoms with Gasteiger partial charge in [0.05, 0.1) is 5.56 Å². The van der Waals surface area contributed by atoms with Crippen molar-refractivity contribution < 1.29 is 14.3 Å². The number of hydrogen-bond acceptors (Lipinski definition) is 3. The Hall–Kier alpha value is -1.98. The van der Waals surface area contributed by atoms with Crippen LogP contribution in [0.1, 0.15) is 50.5 Å². The monoisotopic (exact) mass is 295 g/mol. The topological polar surface area (TPSA) is 83.2 Å². The highest BCUT2D eigenvalue weighted by Crippen LogP contribution is 2.08. The highest BCUT2D eigenvalue weighted by molar-refractivity contribution is 5.95. The van der Waals surface area contributed by atoms with Crippen LogP contribution in [0.4, 0.5) is 4.79 Å². The van der Waals surface area contributed by atoms with Crippen LogP contribution in [0.5, 0.6) is 0 Å². The number of aryl methyl sites for hydroxylation is 1. The van der Waals surface area contributed by atoms with Gasteiger partial charge in [0.25, 0.3) is 5.91 Å². The second-order valence-corrected chi connectivity index (χ2v) is 6.25. The molecule has 0 aliphatic rings. The molecule has 6 nitrogen and oxygen atoms in total. The molecule has 0 radical (unpaired) electrons. The first kappa shape index (κ1) is 17.1. The standard InChI is InChI=1S/C15H25N3O3/c1-9-7-16-8-12(9)13(19)17-10(2)11(3)18-14(20)21-15(4,5)6/h7-8,10-11,16H,1-6H3,(H,17,19)(H,18,20)/t10-,11+/m1/s1. The van der Waals surface area contributed by atoms with E-state index in [-0.39, 0.29) is 18.0 Å². The van der Waals surface area contributed by atoms with Gasteiger partial charge in [-0.1, -0.05) is 0 Å². The molecule has 0 saturated carbocycles. The number of amides is 2. The number of ether oxygens (including phenoxy) is 1. The molecular formula is C15H25N3O3. The molecule has 0 fully saturated rings. The van der Waals surface area contributed by atoms with Crippen LogP contribution in [0.2, 0.25) is 0 Å². The Morgan fingerprint density at radius 1 is 1.14 bits per heavy atom. The molecule has 1 aromatic heterocycles. The number of hydrogen-bond donors (Lipinski definition) is 3. The second-order valence-electron chi connectivity index (χ2n) is 6.25. The predicted octanol–water partition coefficient (Wildman–Crippen LogP) is 2.35. The molecule has 1 heterocycles. The van der Waals surface area contributed by atoms with Gasteiger partial charge in [-0.15, -0.1) is 0 Å². The van der Waals surface area contributed by atoms with Crippen LogP contribution in [0.25, 0.3) is 0 Å². The molecule has 1 aromatic rings. The minimum atomic E-state index is -0.543. The highest BCUT2D eigenvalue weighted by Gasteiger charge is 2.22.